The molecule has 0 spiro atoms. The lowest BCUT2D eigenvalue weighted by Crippen LogP contribution is -2.04. The zero-order valence-corrected chi connectivity index (χ0v) is 15.2. The molecule has 2 atom stereocenters. The van der Waals surface area contributed by atoms with Crippen molar-refractivity contribution in [1.82, 2.24) is 0 Å². The van der Waals surface area contributed by atoms with Crippen LogP contribution < -0.4 is 0 Å². The van der Waals surface area contributed by atoms with Crippen LogP contribution in [0.3, 0.4) is 0 Å². The molecule has 4 nitrogen and oxygen atoms in total. The maximum Gasteiger partial charge on any atom is 0.306 e. The first-order valence-electron chi connectivity index (χ1n) is 8.74. The molecule has 0 aromatic carbocycles. The molecular formula is C18H36O4. The van der Waals surface area contributed by atoms with Gasteiger partial charge in [-0.05, 0) is 37.7 Å². The van der Waals surface area contributed by atoms with Gasteiger partial charge in [-0.15, -0.1) is 0 Å². The van der Waals surface area contributed by atoms with Crippen molar-refractivity contribution in [3.63, 3.8) is 0 Å². The molecule has 0 aliphatic carbocycles. The monoisotopic (exact) mass is 316 g/mol. The minimum atomic E-state index is -0.0307. The number of rotatable bonds is 4. The van der Waals surface area contributed by atoms with E-state index in [0.717, 1.165) is 38.7 Å². The van der Waals surface area contributed by atoms with Gasteiger partial charge in [-0.3, -0.25) is 4.79 Å². The van der Waals surface area contributed by atoms with Crippen LogP contribution in [0.25, 0.3) is 0 Å². The van der Waals surface area contributed by atoms with Crippen LogP contribution in [0.1, 0.15) is 73.1 Å². The van der Waals surface area contributed by atoms with Gasteiger partial charge in [0.2, 0.25) is 0 Å². The summed E-state index contributed by atoms with van der Waals surface area (Å²) in [5.41, 5.74) is 1.18. The Morgan fingerprint density at radius 3 is 2.18 bits per heavy atom. The van der Waals surface area contributed by atoms with E-state index in [1.54, 1.807) is 0 Å². The second kappa shape index (κ2) is 16.5. The van der Waals surface area contributed by atoms with E-state index in [9.17, 15) is 4.79 Å². The van der Waals surface area contributed by atoms with Gasteiger partial charge in [-0.1, -0.05) is 41.2 Å². The fourth-order valence-electron chi connectivity index (χ4n) is 2.05. The lowest BCUT2D eigenvalue weighted by atomic mass is 10.1. The largest absolute Gasteiger partial charge is 0.462 e. The van der Waals surface area contributed by atoms with Crippen molar-refractivity contribution in [3.05, 3.63) is 12.2 Å². The molecule has 0 aromatic heterocycles. The summed E-state index contributed by atoms with van der Waals surface area (Å²) < 4.78 is 10.2. The molecule has 2 aliphatic heterocycles. The Labute approximate surface area is 136 Å². The normalized spacial score (nSPS) is 22.5. The first-order valence-corrected chi connectivity index (χ1v) is 8.74. The number of cyclic esters (lactones) is 1. The summed E-state index contributed by atoms with van der Waals surface area (Å²) in [7, 11) is 0. The lowest BCUT2D eigenvalue weighted by molar-refractivity contribution is -0.141. The summed E-state index contributed by atoms with van der Waals surface area (Å²) in [5.74, 6) is -0.0307. The second-order valence-corrected chi connectivity index (χ2v) is 4.81. The quantitative estimate of drug-likeness (QED) is 0.622. The molecule has 0 saturated carbocycles. The predicted molar refractivity (Wildman–Crippen MR) is 91.9 cm³/mol. The maximum atomic E-state index is 10.4. The molecule has 1 N–H and O–H groups in total. The molecule has 2 aliphatic rings. The predicted octanol–water partition coefficient (Wildman–Crippen LogP) is 4.26. The smallest absolute Gasteiger partial charge is 0.306 e. The summed E-state index contributed by atoms with van der Waals surface area (Å²) in [6.07, 6.45) is 5.87. The van der Waals surface area contributed by atoms with Crippen LogP contribution in [0.2, 0.25) is 0 Å². The molecule has 4 heteroatoms. The Morgan fingerprint density at radius 2 is 1.86 bits per heavy atom. The molecule has 0 bridgehead atoms. The van der Waals surface area contributed by atoms with Crippen molar-refractivity contribution in [2.45, 2.75) is 85.4 Å². The van der Waals surface area contributed by atoms with Gasteiger partial charge in [0.15, 0.2) is 0 Å². The molecule has 2 saturated heterocycles. The van der Waals surface area contributed by atoms with Gasteiger partial charge < -0.3 is 14.6 Å². The van der Waals surface area contributed by atoms with Gasteiger partial charge in [-0.25, -0.2) is 0 Å². The molecular weight excluding hydrogens is 280 g/mol. The number of aliphatic hydroxyl groups is 1. The molecule has 0 radical (unpaired) electrons. The van der Waals surface area contributed by atoms with Crippen molar-refractivity contribution in [1.29, 1.82) is 0 Å². The maximum absolute atomic E-state index is 10.4. The van der Waals surface area contributed by atoms with E-state index in [1.165, 1.54) is 5.57 Å². The van der Waals surface area contributed by atoms with Gasteiger partial charge in [0.05, 0.1) is 12.7 Å². The zero-order chi connectivity index (χ0) is 17.4. The Morgan fingerprint density at radius 1 is 1.23 bits per heavy atom. The van der Waals surface area contributed by atoms with Crippen molar-refractivity contribution >= 4 is 5.97 Å². The van der Waals surface area contributed by atoms with E-state index in [2.05, 4.69) is 6.58 Å². The standard InChI is InChI=1S/C8H14O2.C6H10O2.2C2H6/c1-7-5-8(10-6-7)3-2-4-9;1-2-5-3-4-6(7)8-5;2*1-2/h8-9H,1-6H2;5H,2-4H2,1H3;2*1-2H3. The van der Waals surface area contributed by atoms with Crippen LogP contribution in [0.5, 0.6) is 0 Å². The van der Waals surface area contributed by atoms with Gasteiger partial charge in [0.25, 0.3) is 0 Å². The van der Waals surface area contributed by atoms with E-state index in [1.807, 2.05) is 34.6 Å². The minimum absolute atomic E-state index is 0.0307. The van der Waals surface area contributed by atoms with Crippen LogP contribution in [0.15, 0.2) is 12.2 Å². The topological polar surface area (TPSA) is 55.8 Å². The molecule has 2 unspecified atom stereocenters. The highest BCUT2D eigenvalue weighted by atomic mass is 16.5. The molecule has 2 fully saturated rings. The summed E-state index contributed by atoms with van der Waals surface area (Å²) >= 11 is 0. The first kappa shape index (κ1) is 23.4. The average Bonchev–Trinajstić information content (AvgIpc) is 3.18. The van der Waals surface area contributed by atoms with E-state index >= 15 is 0 Å². The number of ether oxygens (including phenoxy) is 2. The van der Waals surface area contributed by atoms with Crippen LogP contribution in [0, 0.1) is 0 Å². The molecule has 2 rings (SSSR count). The number of carbonyl (C=O) groups is 1. The summed E-state index contributed by atoms with van der Waals surface area (Å²) in [4.78, 5) is 10.4. The molecule has 22 heavy (non-hydrogen) atoms. The third-order valence-corrected chi connectivity index (χ3v) is 3.15. The van der Waals surface area contributed by atoms with Crippen LogP contribution in [-0.4, -0.2) is 36.5 Å². The fourth-order valence-corrected chi connectivity index (χ4v) is 2.05. The molecule has 0 aromatic rings. The van der Waals surface area contributed by atoms with Crippen LogP contribution in [-0.2, 0) is 14.3 Å². The number of aliphatic hydroxyl groups excluding tert-OH is 1. The fraction of sp³-hybridized carbons (Fsp3) is 0.833. The Kier molecular flexibility index (Phi) is 17.5. The van der Waals surface area contributed by atoms with Gasteiger partial charge in [-0.2, -0.15) is 0 Å². The van der Waals surface area contributed by atoms with Gasteiger partial charge in [0.1, 0.15) is 6.10 Å². The van der Waals surface area contributed by atoms with E-state index in [4.69, 9.17) is 14.6 Å². The first-order chi connectivity index (χ1) is 10.7. The molecule has 0 amide bonds. The average molecular weight is 316 g/mol. The number of esters is 1. The van der Waals surface area contributed by atoms with Crippen molar-refractivity contribution in [3.8, 4) is 0 Å². The SMILES string of the molecule is C=C1COC(CCCO)C1.CC.CC.CCC1CCC(=O)O1. The van der Waals surface area contributed by atoms with Crippen molar-refractivity contribution in [2.24, 2.45) is 0 Å². The number of hydrogen-bond acceptors (Lipinski definition) is 4. The summed E-state index contributed by atoms with van der Waals surface area (Å²) in [5, 5.41) is 8.51. The Hall–Kier alpha value is -0.870. The number of hydrogen-bond donors (Lipinski definition) is 1. The van der Waals surface area contributed by atoms with E-state index in [0.29, 0.717) is 12.5 Å². The minimum Gasteiger partial charge on any atom is -0.462 e. The van der Waals surface area contributed by atoms with Gasteiger partial charge >= 0.3 is 5.97 Å². The third-order valence-electron chi connectivity index (χ3n) is 3.15. The number of carbonyl (C=O) groups excluding carboxylic acids is 1. The third kappa shape index (κ3) is 11.8. The van der Waals surface area contributed by atoms with E-state index in [-0.39, 0.29) is 18.7 Å². The Bertz CT molecular complexity index is 276. The second-order valence-electron chi connectivity index (χ2n) is 4.81. The van der Waals surface area contributed by atoms with Gasteiger partial charge in [0, 0.05) is 13.0 Å². The lowest BCUT2D eigenvalue weighted by Gasteiger charge is -2.05. The van der Waals surface area contributed by atoms with Crippen molar-refractivity contribution < 1.29 is 19.4 Å². The molecule has 2 heterocycles. The van der Waals surface area contributed by atoms with Crippen LogP contribution in [0.4, 0.5) is 0 Å². The summed E-state index contributed by atoms with van der Waals surface area (Å²) in [6, 6.07) is 0. The zero-order valence-electron chi connectivity index (χ0n) is 15.2. The highest BCUT2D eigenvalue weighted by Crippen LogP contribution is 2.20. The highest BCUT2D eigenvalue weighted by molar-refractivity contribution is 5.71. The van der Waals surface area contributed by atoms with E-state index < -0.39 is 0 Å². The highest BCUT2D eigenvalue weighted by Gasteiger charge is 2.20. The Balaban J connectivity index is 0. The molecule has 132 valence electrons. The summed E-state index contributed by atoms with van der Waals surface area (Å²) in [6.45, 7) is 14.8. The van der Waals surface area contributed by atoms with Crippen LogP contribution >= 0.6 is 0 Å². The van der Waals surface area contributed by atoms with Crippen molar-refractivity contribution in [2.75, 3.05) is 13.2 Å².